The minimum absolute atomic E-state index is 0.375. The Balaban J connectivity index is 2.57. The first-order valence-corrected chi connectivity index (χ1v) is 7.33. The monoisotopic (exact) mass is 300 g/mol. The lowest BCUT2D eigenvalue weighted by atomic mass is 10.2. The Morgan fingerprint density at radius 1 is 1.35 bits per heavy atom. The molecular formula is C11H20N6O2S. The highest BCUT2D eigenvalue weighted by atomic mass is 32.2. The molecule has 3 amide bonds. The molecule has 0 unspecified atom stereocenters. The highest BCUT2D eigenvalue weighted by molar-refractivity contribution is 8.00. The number of nitrogens with zero attached hydrogens (tertiary/aromatic N) is 4. The molecule has 1 rings (SSSR count). The summed E-state index contributed by atoms with van der Waals surface area (Å²) in [6.45, 7) is 8.74. The molecule has 112 valence electrons. The standard InChI is InChI=1S/C11H20N6O2S/c1-5-12-10(19)13-9(18)8(4)20-11-14-15-16-17(11)6-7(2)3/h7-8H,5-6H2,1-4H3,(H2,12,13,18,19)/t8-/m1/s1. The molecule has 1 aromatic rings. The highest BCUT2D eigenvalue weighted by Gasteiger charge is 2.20. The molecule has 1 aromatic heterocycles. The van der Waals surface area contributed by atoms with Crippen LogP contribution in [0.5, 0.6) is 0 Å². The number of carbonyl (C=O) groups is 2. The van der Waals surface area contributed by atoms with Crippen molar-refractivity contribution >= 4 is 23.7 Å². The lowest BCUT2D eigenvalue weighted by molar-refractivity contribution is -0.119. The van der Waals surface area contributed by atoms with Gasteiger partial charge in [0, 0.05) is 13.1 Å². The number of carbonyl (C=O) groups excluding carboxylic acids is 2. The summed E-state index contributed by atoms with van der Waals surface area (Å²) in [5, 5.41) is 16.3. The van der Waals surface area contributed by atoms with Gasteiger partial charge in [0.15, 0.2) is 0 Å². The Kier molecular flexibility index (Phi) is 6.43. The molecule has 0 saturated heterocycles. The first kappa shape index (κ1) is 16.4. The number of tetrazole rings is 1. The number of imide groups is 1. The first-order valence-electron chi connectivity index (χ1n) is 6.45. The highest BCUT2D eigenvalue weighted by Crippen LogP contribution is 2.20. The van der Waals surface area contributed by atoms with Crippen LogP contribution in [0.3, 0.4) is 0 Å². The number of aromatic nitrogens is 4. The number of amides is 3. The minimum atomic E-state index is -0.494. The molecule has 0 aromatic carbocycles. The lowest BCUT2D eigenvalue weighted by Crippen LogP contribution is -2.42. The van der Waals surface area contributed by atoms with Crippen molar-refractivity contribution in [3.63, 3.8) is 0 Å². The van der Waals surface area contributed by atoms with Gasteiger partial charge in [0.1, 0.15) is 0 Å². The number of rotatable bonds is 6. The van der Waals surface area contributed by atoms with Crippen LogP contribution in [0.1, 0.15) is 27.7 Å². The van der Waals surface area contributed by atoms with Crippen LogP contribution in [0.25, 0.3) is 0 Å². The van der Waals surface area contributed by atoms with Crippen LogP contribution in [0.2, 0.25) is 0 Å². The van der Waals surface area contributed by atoms with Crippen molar-refractivity contribution in [2.75, 3.05) is 6.54 Å². The Bertz CT molecular complexity index is 462. The van der Waals surface area contributed by atoms with Gasteiger partial charge in [0.2, 0.25) is 11.1 Å². The molecule has 8 nitrogen and oxygen atoms in total. The maximum Gasteiger partial charge on any atom is 0.321 e. The molecule has 0 spiro atoms. The molecule has 1 heterocycles. The Hall–Kier alpha value is -1.64. The van der Waals surface area contributed by atoms with Crippen molar-refractivity contribution in [2.45, 2.75) is 44.6 Å². The van der Waals surface area contributed by atoms with Gasteiger partial charge in [-0.2, -0.15) is 0 Å². The molecule has 2 N–H and O–H groups in total. The van der Waals surface area contributed by atoms with Gasteiger partial charge in [-0.25, -0.2) is 9.48 Å². The predicted octanol–water partition coefficient (Wildman–Crippen LogP) is 0.655. The van der Waals surface area contributed by atoms with Gasteiger partial charge in [-0.1, -0.05) is 25.6 Å². The smallest absolute Gasteiger partial charge is 0.321 e. The maximum absolute atomic E-state index is 11.8. The van der Waals surface area contributed by atoms with E-state index in [0.29, 0.717) is 24.2 Å². The van der Waals surface area contributed by atoms with Crippen molar-refractivity contribution in [1.82, 2.24) is 30.8 Å². The summed E-state index contributed by atoms with van der Waals surface area (Å²) in [5.41, 5.74) is 0. The van der Waals surface area contributed by atoms with E-state index in [1.165, 1.54) is 11.8 Å². The number of nitrogens with one attached hydrogen (secondary N) is 2. The maximum atomic E-state index is 11.8. The SMILES string of the molecule is CCNC(=O)NC(=O)[C@@H](C)Sc1nnnn1CC(C)C. The van der Waals surface area contributed by atoms with Gasteiger partial charge in [0.25, 0.3) is 0 Å². The molecule has 0 aliphatic heterocycles. The van der Waals surface area contributed by atoms with E-state index in [1.807, 2.05) is 0 Å². The van der Waals surface area contributed by atoms with Crippen LogP contribution < -0.4 is 10.6 Å². The summed E-state index contributed by atoms with van der Waals surface area (Å²) in [6, 6.07) is -0.494. The van der Waals surface area contributed by atoms with Gasteiger partial charge >= 0.3 is 6.03 Å². The van der Waals surface area contributed by atoms with Crippen molar-refractivity contribution in [3.8, 4) is 0 Å². The topological polar surface area (TPSA) is 102 Å². The average molecular weight is 300 g/mol. The number of urea groups is 1. The van der Waals surface area contributed by atoms with E-state index in [1.54, 1.807) is 18.5 Å². The van der Waals surface area contributed by atoms with Crippen molar-refractivity contribution < 1.29 is 9.59 Å². The minimum Gasteiger partial charge on any atom is -0.338 e. The van der Waals surface area contributed by atoms with Crippen LogP contribution in [0.4, 0.5) is 4.79 Å². The second-order valence-corrected chi connectivity index (χ2v) is 5.95. The lowest BCUT2D eigenvalue weighted by Gasteiger charge is -2.11. The quantitative estimate of drug-likeness (QED) is 0.748. The van der Waals surface area contributed by atoms with E-state index in [-0.39, 0.29) is 5.91 Å². The van der Waals surface area contributed by atoms with Crippen LogP contribution in [0.15, 0.2) is 5.16 Å². The van der Waals surface area contributed by atoms with Gasteiger partial charge in [0.05, 0.1) is 5.25 Å². The molecule has 0 aliphatic rings. The second-order valence-electron chi connectivity index (χ2n) is 4.65. The van der Waals surface area contributed by atoms with Crippen LogP contribution in [0, 0.1) is 5.92 Å². The van der Waals surface area contributed by atoms with E-state index in [9.17, 15) is 9.59 Å². The third kappa shape index (κ3) is 5.16. The molecule has 20 heavy (non-hydrogen) atoms. The summed E-state index contributed by atoms with van der Waals surface area (Å²) >= 11 is 1.22. The molecule has 0 aliphatic carbocycles. The third-order valence-electron chi connectivity index (χ3n) is 2.26. The van der Waals surface area contributed by atoms with Crippen LogP contribution in [-0.4, -0.2) is 43.9 Å². The zero-order chi connectivity index (χ0) is 15.1. The third-order valence-corrected chi connectivity index (χ3v) is 3.33. The summed E-state index contributed by atoms with van der Waals surface area (Å²) in [6.07, 6.45) is 0. The fourth-order valence-corrected chi connectivity index (χ4v) is 2.17. The average Bonchev–Trinajstić information content (AvgIpc) is 2.75. The Morgan fingerprint density at radius 3 is 2.65 bits per heavy atom. The van der Waals surface area contributed by atoms with Crippen molar-refractivity contribution in [2.24, 2.45) is 5.92 Å². The second kappa shape index (κ2) is 7.83. The fourth-order valence-electron chi connectivity index (χ4n) is 1.37. The zero-order valence-electron chi connectivity index (χ0n) is 12.1. The van der Waals surface area contributed by atoms with E-state index < -0.39 is 11.3 Å². The largest absolute Gasteiger partial charge is 0.338 e. The molecule has 0 saturated carbocycles. The van der Waals surface area contributed by atoms with Crippen LogP contribution >= 0.6 is 11.8 Å². The molecule has 0 bridgehead atoms. The van der Waals surface area contributed by atoms with Gasteiger partial charge in [-0.05, 0) is 30.2 Å². The summed E-state index contributed by atoms with van der Waals surface area (Å²) in [4.78, 5) is 23.1. The first-order chi connectivity index (χ1) is 9.43. The predicted molar refractivity (Wildman–Crippen MR) is 75.2 cm³/mol. The zero-order valence-corrected chi connectivity index (χ0v) is 12.9. The molecule has 9 heteroatoms. The molecule has 0 radical (unpaired) electrons. The van der Waals surface area contributed by atoms with Gasteiger partial charge in [-0.15, -0.1) is 5.10 Å². The fraction of sp³-hybridized carbons (Fsp3) is 0.727. The van der Waals surface area contributed by atoms with Gasteiger partial charge < -0.3 is 5.32 Å². The Labute approximate surface area is 122 Å². The summed E-state index contributed by atoms with van der Waals surface area (Å²) in [5.74, 6) is 0.0253. The normalized spacial score (nSPS) is 12.2. The number of hydrogen-bond donors (Lipinski definition) is 2. The van der Waals surface area contributed by atoms with E-state index >= 15 is 0 Å². The molecular weight excluding hydrogens is 280 g/mol. The number of hydrogen-bond acceptors (Lipinski definition) is 6. The summed E-state index contributed by atoms with van der Waals surface area (Å²) < 4.78 is 1.66. The Morgan fingerprint density at radius 2 is 2.05 bits per heavy atom. The number of thioether (sulfide) groups is 1. The van der Waals surface area contributed by atoms with E-state index in [0.717, 1.165) is 0 Å². The van der Waals surface area contributed by atoms with Crippen molar-refractivity contribution in [3.05, 3.63) is 0 Å². The summed E-state index contributed by atoms with van der Waals surface area (Å²) in [7, 11) is 0. The van der Waals surface area contributed by atoms with E-state index in [2.05, 4.69) is 40.0 Å². The van der Waals surface area contributed by atoms with Gasteiger partial charge in [-0.3, -0.25) is 10.1 Å². The molecule has 0 fully saturated rings. The van der Waals surface area contributed by atoms with Crippen LogP contribution in [-0.2, 0) is 11.3 Å². The van der Waals surface area contributed by atoms with E-state index in [4.69, 9.17) is 0 Å². The van der Waals surface area contributed by atoms with Crippen molar-refractivity contribution in [1.29, 1.82) is 0 Å². The molecule has 1 atom stereocenters.